The number of ether oxygens (including phenoxy) is 1. The van der Waals surface area contributed by atoms with Gasteiger partial charge in [-0.05, 0) is 64.5 Å². The van der Waals surface area contributed by atoms with Crippen molar-refractivity contribution in [1.29, 1.82) is 0 Å². The van der Waals surface area contributed by atoms with E-state index >= 15 is 0 Å². The molecule has 5 N–H and O–H groups in total. The van der Waals surface area contributed by atoms with E-state index in [0.29, 0.717) is 33.6 Å². The minimum atomic E-state index is -1.04. The summed E-state index contributed by atoms with van der Waals surface area (Å²) in [4.78, 5) is 41.2. The van der Waals surface area contributed by atoms with Crippen molar-refractivity contribution in [3.63, 3.8) is 0 Å². The smallest absolute Gasteiger partial charge is 0.410 e. The van der Waals surface area contributed by atoms with Crippen molar-refractivity contribution in [2.24, 2.45) is 0 Å². The molecule has 10 nitrogen and oxygen atoms in total. The number of rotatable bonds is 8. The van der Waals surface area contributed by atoms with Crippen molar-refractivity contribution in [3.8, 4) is 0 Å². The minimum Gasteiger partial charge on any atom is -0.444 e. The third-order valence-electron chi connectivity index (χ3n) is 5.97. The maximum Gasteiger partial charge on any atom is 0.410 e. The number of hydrogen-bond acceptors (Lipinski definition) is 6. The van der Waals surface area contributed by atoms with Crippen LogP contribution >= 0.6 is 0 Å². The summed E-state index contributed by atoms with van der Waals surface area (Å²) in [5.41, 5.74) is 2.54. The molecule has 1 aliphatic heterocycles. The first-order valence-electron chi connectivity index (χ1n) is 11.9. The number of aromatic nitrogens is 1. The number of likely N-dealkylation sites (N-methyl/N-ethyl adjacent to an activating group) is 1. The van der Waals surface area contributed by atoms with Crippen LogP contribution in [0.3, 0.4) is 0 Å². The Morgan fingerprint density at radius 1 is 1.27 bits per heavy atom. The highest BCUT2D eigenvalue weighted by Gasteiger charge is 2.27. The molecule has 0 fully saturated rings. The summed E-state index contributed by atoms with van der Waals surface area (Å²) in [7, 11) is 1.49. The number of H-pyrrole nitrogens is 1. The van der Waals surface area contributed by atoms with Crippen molar-refractivity contribution in [3.05, 3.63) is 52.6 Å². The van der Waals surface area contributed by atoms with Gasteiger partial charge in [-0.3, -0.25) is 19.8 Å². The number of halogens is 1. The van der Waals surface area contributed by atoms with Crippen LogP contribution in [0.15, 0.2) is 24.4 Å². The van der Waals surface area contributed by atoms with E-state index in [-0.39, 0.29) is 24.9 Å². The zero-order valence-corrected chi connectivity index (χ0v) is 21.9. The average Bonchev–Trinajstić information content (AvgIpc) is 3.33. The predicted molar refractivity (Wildman–Crippen MR) is 138 cm³/mol. The number of aliphatic hydroxyl groups excluding tert-OH is 1. The predicted octanol–water partition coefficient (Wildman–Crippen LogP) is 2.91. The number of aromatic amines is 1. The molecule has 1 aromatic carbocycles. The molecule has 3 rings (SSSR count). The summed E-state index contributed by atoms with van der Waals surface area (Å²) >= 11 is 0. The molecule has 0 saturated heterocycles. The Labute approximate surface area is 215 Å². The third kappa shape index (κ3) is 6.75. The summed E-state index contributed by atoms with van der Waals surface area (Å²) in [6.07, 6.45) is 1.61. The van der Waals surface area contributed by atoms with Crippen LogP contribution < -0.4 is 16.0 Å². The van der Waals surface area contributed by atoms with E-state index < -0.39 is 29.8 Å². The van der Waals surface area contributed by atoms with Crippen LogP contribution in [0.25, 0.3) is 11.6 Å². The number of aliphatic hydroxyl groups is 1. The zero-order valence-electron chi connectivity index (χ0n) is 21.9. The molecule has 0 radical (unpaired) electrons. The number of nitrogens with one attached hydrogen (secondary N) is 4. The van der Waals surface area contributed by atoms with E-state index in [2.05, 4.69) is 20.9 Å². The molecule has 0 bridgehead atoms. The van der Waals surface area contributed by atoms with Gasteiger partial charge in [-0.25, -0.2) is 9.18 Å². The number of carbonyl (C=O) groups is 3. The monoisotopic (exact) mass is 515 g/mol. The molecule has 200 valence electrons. The van der Waals surface area contributed by atoms with Gasteiger partial charge < -0.3 is 25.5 Å². The summed E-state index contributed by atoms with van der Waals surface area (Å²) in [5, 5.41) is 19.0. The van der Waals surface area contributed by atoms with Crippen LogP contribution in [0.2, 0.25) is 0 Å². The van der Waals surface area contributed by atoms with Crippen molar-refractivity contribution >= 4 is 35.2 Å². The second-order valence-corrected chi connectivity index (χ2v) is 9.90. The van der Waals surface area contributed by atoms with Crippen LogP contribution in [0.4, 0.5) is 14.9 Å². The van der Waals surface area contributed by atoms with E-state index in [0.717, 1.165) is 0 Å². The molecule has 3 amide bonds. The van der Waals surface area contributed by atoms with Crippen molar-refractivity contribution in [1.82, 2.24) is 20.5 Å². The topological polar surface area (TPSA) is 136 Å². The first-order chi connectivity index (χ1) is 17.3. The van der Waals surface area contributed by atoms with Gasteiger partial charge in [-0.1, -0.05) is 0 Å². The minimum absolute atomic E-state index is 0.214. The third-order valence-corrected chi connectivity index (χ3v) is 5.97. The molecular formula is C26H34FN5O5. The summed E-state index contributed by atoms with van der Waals surface area (Å²) in [5.74, 6) is -1.14. The highest BCUT2D eigenvalue weighted by atomic mass is 19.1. The molecule has 37 heavy (non-hydrogen) atoms. The van der Waals surface area contributed by atoms with E-state index in [1.54, 1.807) is 46.9 Å². The van der Waals surface area contributed by atoms with Gasteiger partial charge in [0.05, 0.1) is 5.57 Å². The van der Waals surface area contributed by atoms with Gasteiger partial charge in [0.15, 0.2) is 0 Å². The number of nitrogens with zero attached hydrogens (tertiary/aromatic N) is 1. The van der Waals surface area contributed by atoms with Crippen LogP contribution in [-0.2, 0) is 14.3 Å². The largest absolute Gasteiger partial charge is 0.444 e. The number of carbonyl (C=O) groups excluding carboxylic acids is 3. The lowest BCUT2D eigenvalue weighted by Gasteiger charge is -2.28. The molecule has 0 aliphatic carbocycles. The second kappa shape index (κ2) is 11.1. The lowest BCUT2D eigenvalue weighted by molar-refractivity contribution is -0.125. The highest BCUT2D eigenvalue weighted by molar-refractivity contribution is 6.34. The SMILES string of the molecule is Cc1c(C(O)NCCNC(=O)[C@H](C)N(C)C(=O)OC(C)(C)C)c[nH]c1/C=C1\C(=O)Nc2ccc(F)cc21. The Kier molecular flexibility index (Phi) is 8.39. The number of amides is 3. The van der Waals surface area contributed by atoms with Crippen LogP contribution in [0.1, 0.15) is 56.3 Å². The molecular weight excluding hydrogens is 481 g/mol. The van der Waals surface area contributed by atoms with Gasteiger partial charge >= 0.3 is 6.09 Å². The summed E-state index contributed by atoms with van der Waals surface area (Å²) in [6.45, 7) is 9.10. The number of fused-ring (bicyclic) bond motifs is 1. The molecule has 1 aromatic heterocycles. The fourth-order valence-electron chi connectivity index (χ4n) is 3.73. The van der Waals surface area contributed by atoms with Gasteiger partial charge in [-0.2, -0.15) is 0 Å². The summed E-state index contributed by atoms with van der Waals surface area (Å²) < 4.78 is 19.0. The Morgan fingerprint density at radius 2 is 1.97 bits per heavy atom. The van der Waals surface area contributed by atoms with Crippen LogP contribution in [0.5, 0.6) is 0 Å². The van der Waals surface area contributed by atoms with E-state index in [4.69, 9.17) is 4.74 Å². The number of anilines is 1. The molecule has 0 saturated carbocycles. The Hall–Kier alpha value is -3.70. The fraction of sp³-hybridized carbons (Fsp3) is 0.423. The fourth-order valence-corrected chi connectivity index (χ4v) is 3.73. The molecule has 1 unspecified atom stereocenters. The van der Waals surface area contributed by atoms with Gasteiger partial charge in [0.1, 0.15) is 23.7 Å². The highest BCUT2D eigenvalue weighted by Crippen LogP contribution is 2.34. The van der Waals surface area contributed by atoms with Crippen molar-refractivity contribution in [2.75, 3.05) is 25.5 Å². The molecule has 2 aromatic rings. The lowest BCUT2D eigenvalue weighted by atomic mass is 10.0. The Balaban J connectivity index is 1.54. The molecule has 2 heterocycles. The van der Waals surface area contributed by atoms with Crippen LogP contribution in [-0.4, -0.2) is 64.7 Å². The van der Waals surface area contributed by atoms with Gasteiger partial charge in [0.25, 0.3) is 5.91 Å². The zero-order chi connectivity index (χ0) is 27.5. The van der Waals surface area contributed by atoms with E-state index in [1.165, 1.54) is 30.1 Å². The van der Waals surface area contributed by atoms with Crippen molar-refractivity contribution < 1.29 is 28.6 Å². The molecule has 11 heteroatoms. The maximum absolute atomic E-state index is 13.7. The molecule has 0 spiro atoms. The van der Waals surface area contributed by atoms with Gasteiger partial charge in [0.2, 0.25) is 5.91 Å². The Bertz CT molecular complexity index is 1220. The second-order valence-electron chi connectivity index (χ2n) is 9.90. The van der Waals surface area contributed by atoms with Gasteiger partial charge in [-0.15, -0.1) is 0 Å². The average molecular weight is 516 g/mol. The molecule has 2 atom stereocenters. The van der Waals surface area contributed by atoms with E-state index in [9.17, 15) is 23.9 Å². The van der Waals surface area contributed by atoms with Crippen molar-refractivity contribution in [2.45, 2.75) is 52.5 Å². The maximum atomic E-state index is 13.7. The van der Waals surface area contributed by atoms with Gasteiger partial charge in [0, 0.05) is 48.8 Å². The lowest BCUT2D eigenvalue weighted by Crippen LogP contribution is -2.48. The number of hydrogen-bond donors (Lipinski definition) is 5. The first-order valence-corrected chi connectivity index (χ1v) is 11.9. The van der Waals surface area contributed by atoms with E-state index in [1.807, 2.05) is 0 Å². The van der Waals surface area contributed by atoms with Crippen LogP contribution in [0, 0.1) is 12.7 Å². The quantitative estimate of drug-likeness (QED) is 0.208. The molecule has 1 aliphatic rings. The Morgan fingerprint density at radius 3 is 2.65 bits per heavy atom. The normalized spacial score (nSPS) is 15.7. The summed E-state index contributed by atoms with van der Waals surface area (Å²) in [6, 6.07) is 3.35. The first kappa shape index (κ1) is 27.9. The number of benzene rings is 1. The standard InChI is InChI=1S/C26H34FN5O5/c1-14-19(13-30-21(14)12-18-17-11-16(27)7-8-20(17)31-24(18)35)23(34)29-10-9-28-22(33)15(2)32(6)25(36)37-26(3,4)5/h7-8,11-13,15,23,29-30,34H,9-10H2,1-6H3,(H,28,33)(H,31,35)/b18-12-/t15-,23?/m0/s1.